The number of aryl methyl sites for hydroxylation is 1. The maximum Gasteiger partial charge on any atom is 0.338 e. The third-order valence-electron chi connectivity index (χ3n) is 4.65. The molecule has 136 valence electrons. The molecule has 0 bridgehead atoms. The van der Waals surface area contributed by atoms with Crippen LogP contribution in [0.4, 0.5) is 0 Å². The van der Waals surface area contributed by atoms with E-state index in [1.807, 2.05) is 31.2 Å². The van der Waals surface area contributed by atoms with E-state index in [0.29, 0.717) is 5.56 Å². The van der Waals surface area contributed by atoms with Crippen LogP contribution in [0.1, 0.15) is 100 Å². The summed E-state index contributed by atoms with van der Waals surface area (Å²) in [5.74, 6) is -0.183. The molecule has 0 heterocycles. The van der Waals surface area contributed by atoms with Gasteiger partial charge in [0, 0.05) is 0 Å². The minimum Gasteiger partial charge on any atom is -0.459 e. The van der Waals surface area contributed by atoms with E-state index >= 15 is 0 Å². The number of hydrogen-bond donors (Lipinski definition) is 0. The Kier molecular flexibility index (Phi) is 11.3. The van der Waals surface area contributed by atoms with E-state index in [4.69, 9.17) is 4.74 Å². The predicted octanol–water partition coefficient (Wildman–Crippen LogP) is 6.85. The van der Waals surface area contributed by atoms with Crippen molar-refractivity contribution in [1.29, 1.82) is 0 Å². The molecule has 0 aromatic heterocycles. The second-order valence-corrected chi connectivity index (χ2v) is 6.92. The van der Waals surface area contributed by atoms with Gasteiger partial charge in [-0.2, -0.15) is 0 Å². The summed E-state index contributed by atoms with van der Waals surface area (Å²) in [7, 11) is 0. The average Bonchev–Trinajstić information content (AvgIpc) is 2.59. The van der Waals surface area contributed by atoms with E-state index in [1.165, 1.54) is 51.4 Å². The van der Waals surface area contributed by atoms with Gasteiger partial charge in [0.2, 0.25) is 0 Å². The van der Waals surface area contributed by atoms with Crippen LogP contribution in [0.25, 0.3) is 0 Å². The predicted molar refractivity (Wildman–Crippen MR) is 103 cm³/mol. The smallest absolute Gasteiger partial charge is 0.338 e. The lowest BCUT2D eigenvalue weighted by atomic mass is 10.0. The van der Waals surface area contributed by atoms with Gasteiger partial charge in [-0.15, -0.1) is 0 Å². The van der Waals surface area contributed by atoms with Crippen LogP contribution in [0.5, 0.6) is 0 Å². The number of rotatable bonds is 13. The Hall–Kier alpha value is -1.31. The molecule has 1 aromatic rings. The van der Waals surface area contributed by atoms with Gasteiger partial charge >= 0.3 is 5.97 Å². The number of ether oxygens (including phenoxy) is 1. The number of hydrogen-bond acceptors (Lipinski definition) is 2. The Morgan fingerprint density at radius 2 is 1.42 bits per heavy atom. The Labute approximate surface area is 149 Å². The second-order valence-electron chi connectivity index (χ2n) is 6.92. The summed E-state index contributed by atoms with van der Waals surface area (Å²) < 4.78 is 5.66. The highest BCUT2D eigenvalue weighted by atomic mass is 16.5. The normalized spacial score (nSPS) is 12.1. The molecule has 24 heavy (non-hydrogen) atoms. The Balaban J connectivity index is 2.14. The zero-order chi connectivity index (χ0) is 17.6. The van der Waals surface area contributed by atoms with Crippen LogP contribution < -0.4 is 0 Å². The van der Waals surface area contributed by atoms with Crippen LogP contribution in [-0.2, 0) is 4.74 Å². The summed E-state index contributed by atoms with van der Waals surface area (Å²) in [6.45, 7) is 6.38. The highest BCUT2D eigenvalue weighted by Gasteiger charge is 2.14. The monoisotopic (exact) mass is 332 g/mol. The van der Waals surface area contributed by atoms with Gasteiger partial charge < -0.3 is 4.74 Å². The van der Waals surface area contributed by atoms with Gasteiger partial charge in [0.05, 0.1) is 5.56 Å². The van der Waals surface area contributed by atoms with Crippen LogP contribution in [0, 0.1) is 6.92 Å². The van der Waals surface area contributed by atoms with Crippen molar-refractivity contribution in [3.63, 3.8) is 0 Å². The number of carbonyl (C=O) groups excluding carboxylic acids is 1. The molecule has 2 nitrogen and oxygen atoms in total. The maximum atomic E-state index is 12.2. The van der Waals surface area contributed by atoms with Crippen molar-refractivity contribution in [3.05, 3.63) is 35.4 Å². The van der Waals surface area contributed by atoms with Crippen molar-refractivity contribution in [3.8, 4) is 0 Å². The molecule has 0 aliphatic carbocycles. The van der Waals surface area contributed by atoms with Gasteiger partial charge in [-0.05, 0) is 38.3 Å². The van der Waals surface area contributed by atoms with Crippen LogP contribution in [0.2, 0.25) is 0 Å². The number of carbonyl (C=O) groups is 1. The fraction of sp³-hybridized carbons (Fsp3) is 0.682. The fourth-order valence-electron chi connectivity index (χ4n) is 2.94. The van der Waals surface area contributed by atoms with Crippen molar-refractivity contribution in [2.45, 2.75) is 97.5 Å². The lowest BCUT2D eigenvalue weighted by molar-refractivity contribution is 0.0267. The van der Waals surface area contributed by atoms with Gasteiger partial charge in [-0.1, -0.05) is 82.9 Å². The van der Waals surface area contributed by atoms with E-state index in [2.05, 4.69) is 13.8 Å². The second kappa shape index (κ2) is 13.0. The quantitative estimate of drug-likeness (QED) is 0.291. The summed E-state index contributed by atoms with van der Waals surface area (Å²) in [5, 5.41) is 0. The van der Waals surface area contributed by atoms with Crippen molar-refractivity contribution in [2.75, 3.05) is 0 Å². The Bertz CT molecular complexity index is 436. The number of unbranched alkanes of at least 4 members (excludes halogenated alkanes) is 8. The molecule has 0 saturated heterocycles. The van der Waals surface area contributed by atoms with Gasteiger partial charge in [0.25, 0.3) is 0 Å². The molecule has 1 atom stereocenters. The molecular weight excluding hydrogens is 296 g/mol. The van der Waals surface area contributed by atoms with Gasteiger partial charge in [-0.25, -0.2) is 4.79 Å². The summed E-state index contributed by atoms with van der Waals surface area (Å²) in [6, 6.07) is 7.61. The van der Waals surface area contributed by atoms with Crippen LogP contribution in [0.15, 0.2) is 24.3 Å². The molecule has 0 amide bonds. The molecule has 1 aromatic carbocycles. The molecule has 1 unspecified atom stereocenters. The summed E-state index contributed by atoms with van der Waals surface area (Å²) in [6.07, 6.45) is 13.9. The van der Waals surface area contributed by atoms with Crippen molar-refractivity contribution in [2.24, 2.45) is 0 Å². The number of benzene rings is 1. The summed E-state index contributed by atoms with van der Waals surface area (Å²) in [5.41, 5.74) is 1.82. The average molecular weight is 333 g/mol. The first kappa shape index (κ1) is 20.7. The highest BCUT2D eigenvalue weighted by Crippen LogP contribution is 2.15. The molecule has 2 heteroatoms. The lowest BCUT2D eigenvalue weighted by Crippen LogP contribution is -2.17. The molecule has 0 aliphatic heterocycles. The zero-order valence-electron chi connectivity index (χ0n) is 16.0. The van der Waals surface area contributed by atoms with Crippen LogP contribution >= 0.6 is 0 Å². The highest BCUT2D eigenvalue weighted by molar-refractivity contribution is 5.89. The number of esters is 1. The lowest BCUT2D eigenvalue weighted by Gasteiger charge is -2.16. The van der Waals surface area contributed by atoms with E-state index in [9.17, 15) is 4.79 Å². The largest absolute Gasteiger partial charge is 0.459 e. The van der Waals surface area contributed by atoms with Gasteiger partial charge in [-0.3, -0.25) is 0 Å². The molecule has 1 rings (SSSR count). The zero-order valence-corrected chi connectivity index (χ0v) is 16.0. The van der Waals surface area contributed by atoms with E-state index in [0.717, 1.165) is 24.8 Å². The minimum atomic E-state index is -0.183. The van der Waals surface area contributed by atoms with E-state index in [1.54, 1.807) is 0 Å². The summed E-state index contributed by atoms with van der Waals surface area (Å²) in [4.78, 5) is 12.2. The van der Waals surface area contributed by atoms with E-state index in [-0.39, 0.29) is 12.1 Å². The molecule has 0 radical (unpaired) electrons. The standard InChI is InChI=1S/C22H36O2/c1-4-6-7-8-9-10-11-12-13-14-21(5-2)24-22(23)20-17-15-19(3)16-18-20/h15-18,21H,4-14H2,1-3H3. The van der Waals surface area contributed by atoms with Crippen molar-refractivity contribution < 1.29 is 9.53 Å². The fourth-order valence-corrected chi connectivity index (χ4v) is 2.94. The molecule has 0 saturated carbocycles. The minimum absolute atomic E-state index is 0.0587. The van der Waals surface area contributed by atoms with Crippen molar-refractivity contribution in [1.82, 2.24) is 0 Å². The van der Waals surface area contributed by atoms with Crippen LogP contribution in [0.3, 0.4) is 0 Å². The topological polar surface area (TPSA) is 26.3 Å². The SMILES string of the molecule is CCCCCCCCCCCC(CC)OC(=O)c1ccc(C)cc1. The first-order valence-corrected chi connectivity index (χ1v) is 9.95. The van der Waals surface area contributed by atoms with Gasteiger partial charge in [0.15, 0.2) is 0 Å². The molecule has 0 aliphatic rings. The maximum absolute atomic E-state index is 12.2. The van der Waals surface area contributed by atoms with Crippen molar-refractivity contribution >= 4 is 5.97 Å². The summed E-state index contributed by atoms with van der Waals surface area (Å²) >= 11 is 0. The molecule has 0 fully saturated rings. The third-order valence-corrected chi connectivity index (χ3v) is 4.65. The molecule has 0 N–H and O–H groups in total. The first-order chi connectivity index (χ1) is 11.7. The third kappa shape index (κ3) is 9.10. The Morgan fingerprint density at radius 3 is 1.96 bits per heavy atom. The van der Waals surface area contributed by atoms with E-state index < -0.39 is 0 Å². The Morgan fingerprint density at radius 1 is 0.875 bits per heavy atom. The van der Waals surface area contributed by atoms with Crippen LogP contribution in [-0.4, -0.2) is 12.1 Å². The molecular formula is C22H36O2. The molecule has 0 spiro atoms. The first-order valence-electron chi connectivity index (χ1n) is 9.95. The van der Waals surface area contributed by atoms with Gasteiger partial charge in [0.1, 0.15) is 6.10 Å².